The maximum Gasteiger partial charge on any atom is 0.254 e. The van der Waals surface area contributed by atoms with E-state index in [1.165, 1.54) is 11.1 Å². The van der Waals surface area contributed by atoms with Crippen LogP contribution in [0.3, 0.4) is 0 Å². The average molecular weight is 356 g/mol. The van der Waals surface area contributed by atoms with Crippen molar-refractivity contribution in [3.8, 4) is 0 Å². The molecule has 1 unspecified atom stereocenters. The topological polar surface area (TPSA) is 23.6 Å². The average Bonchev–Trinajstić information content (AvgIpc) is 3.23. The van der Waals surface area contributed by atoms with Gasteiger partial charge in [-0.1, -0.05) is 60.7 Å². The van der Waals surface area contributed by atoms with Gasteiger partial charge in [0, 0.05) is 37.8 Å². The second-order valence-corrected chi connectivity index (χ2v) is 7.71. The minimum Gasteiger partial charge on any atom is -0.337 e. The van der Waals surface area contributed by atoms with Crippen LogP contribution in [0.15, 0.2) is 66.7 Å². The van der Waals surface area contributed by atoms with Gasteiger partial charge in [0.25, 0.3) is 5.91 Å². The Labute approximate surface area is 160 Å². The zero-order valence-electron chi connectivity index (χ0n) is 15.5. The maximum absolute atomic E-state index is 13.2. The van der Waals surface area contributed by atoms with Crippen molar-refractivity contribution in [1.82, 2.24) is 9.80 Å². The first-order chi connectivity index (χ1) is 13.3. The lowest BCUT2D eigenvalue weighted by Gasteiger charge is -2.33. The fraction of sp³-hybridized carbons (Fsp3) is 0.292. The van der Waals surface area contributed by atoms with Crippen LogP contribution in [0, 0.1) is 0 Å². The van der Waals surface area contributed by atoms with Gasteiger partial charge in [-0.2, -0.15) is 0 Å². The fourth-order valence-corrected chi connectivity index (χ4v) is 4.64. The number of carbonyl (C=O) groups is 1. The van der Waals surface area contributed by atoms with Crippen LogP contribution in [0.5, 0.6) is 0 Å². The molecular formula is C24H24N2O. The number of likely N-dealkylation sites (tertiary alicyclic amines) is 1. The predicted octanol–water partition coefficient (Wildman–Crippen LogP) is 4.11. The molecule has 1 amide bonds. The summed E-state index contributed by atoms with van der Waals surface area (Å²) in [6.45, 7) is 3.80. The van der Waals surface area contributed by atoms with Gasteiger partial charge in [-0.05, 0) is 40.8 Å². The molecule has 3 aromatic carbocycles. The Bertz CT molecular complexity index is 991. The van der Waals surface area contributed by atoms with E-state index in [4.69, 9.17) is 0 Å². The van der Waals surface area contributed by atoms with E-state index in [0.717, 1.165) is 55.4 Å². The van der Waals surface area contributed by atoms with Gasteiger partial charge in [-0.25, -0.2) is 0 Å². The third-order valence-corrected chi connectivity index (χ3v) is 6.15. The molecule has 3 aromatic rings. The molecule has 0 radical (unpaired) electrons. The normalized spacial score (nSPS) is 20.0. The SMILES string of the molecule is O=C(c1cccc2ccccc12)N1CCC(N2CCc3ccccc3C2)C1. The van der Waals surface area contributed by atoms with Crippen LogP contribution in [-0.4, -0.2) is 41.4 Å². The first kappa shape index (κ1) is 16.5. The molecule has 0 bridgehead atoms. The summed E-state index contributed by atoms with van der Waals surface area (Å²) in [6.07, 6.45) is 2.18. The zero-order chi connectivity index (χ0) is 18.2. The Morgan fingerprint density at radius 1 is 0.852 bits per heavy atom. The summed E-state index contributed by atoms with van der Waals surface area (Å²) < 4.78 is 0. The van der Waals surface area contributed by atoms with Crippen LogP contribution < -0.4 is 0 Å². The summed E-state index contributed by atoms with van der Waals surface area (Å²) in [5, 5.41) is 2.19. The summed E-state index contributed by atoms with van der Waals surface area (Å²) in [4.78, 5) is 17.8. The molecule has 0 aromatic heterocycles. The molecule has 0 aliphatic carbocycles. The largest absolute Gasteiger partial charge is 0.337 e. The third-order valence-electron chi connectivity index (χ3n) is 6.15. The van der Waals surface area contributed by atoms with Crippen molar-refractivity contribution in [2.45, 2.75) is 25.4 Å². The van der Waals surface area contributed by atoms with Gasteiger partial charge in [0.2, 0.25) is 0 Å². The Kier molecular flexibility index (Phi) is 4.17. The number of hydrogen-bond acceptors (Lipinski definition) is 2. The van der Waals surface area contributed by atoms with Crippen molar-refractivity contribution < 1.29 is 4.79 Å². The lowest BCUT2D eigenvalue weighted by Crippen LogP contribution is -2.41. The quantitative estimate of drug-likeness (QED) is 0.690. The Hall–Kier alpha value is -2.65. The van der Waals surface area contributed by atoms with Crippen molar-refractivity contribution in [3.63, 3.8) is 0 Å². The summed E-state index contributed by atoms with van der Waals surface area (Å²) in [5.74, 6) is 0.173. The molecule has 0 spiro atoms. The number of benzene rings is 3. The number of hydrogen-bond donors (Lipinski definition) is 0. The smallest absolute Gasteiger partial charge is 0.254 e. The molecule has 1 saturated heterocycles. The molecule has 0 saturated carbocycles. The number of amides is 1. The molecule has 2 aliphatic heterocycles. The van der Waals surface area contributed by atoms with Gasteiger partial charge in [0.1, 0.15) is 0 Å². The highest BCUT2D eigenvalue weighted by atomic mass is 16.2. The summed E-state index contributed by atoms with van der Waals surface area (Å²) in [7, 11) is 0. The Balaban J connectivity index is 1.33. The van der Waals surface area contributed by atoms with E-state index in [-0.39, 0.29) is 5.91 Å². The second kappa shape index (κ2) is 6.82. The molecule has 3 nitrogen and oxygen atoms in total. The van der Waals surface area contributed by atoms with Crippen LogP contribution in [0.25, 0.3) is 10.8 Å². The summed E-state index contributed by atoms with van der Waals surface area (Å²) >= 11 is 0. The zero-order valence-corrected chi connectivity index (χ0v) is 15.5. The van der Waals surface area contributed by atoms with E-state index in [2.05, 4.69) is 47.4 Å². The standard InChI is InChI=1S/C24H24N2O/c27-24(23-11-5-9-19-7-3-4-10-22(19)23)26-15-13-21(17-26)25-14-12-18-6-1-2-8-20(18)16-25/h1-11,21H,12-17H2. The van der Waals surface area contributed by atoms with Crippen molar-refractivity contribution in [3.05, 3.63) is 83.4 Å². The van der Waals surface area contributed by atoms with Crippen LogP contribution in [0.4, 0.5) is 0 Å². The van der Waals surface area contributed by atoms with Crippen molar-refractivity contribution in [1.29, 1.82) is 0 Å². The fourth-order valence-electron chi connectivity index (χ4n) is 4.64. The third kappa shape index (κ3) is 3.02. The molecular weight excluding hydrogens is 332 g/mol. The van der Waals surface area contributed by atoms with E-state index in [9.17, 15) is 4.79 Å². The minimum atomic E-state index is 0.173. The van der Waals surface area contributed by atoms with Crippen molar-refractivity contribution >= 4 is 16.7 Å². The highest BCUT2D eigenvalue weighted by molar-refractivity contribution is 6.07. The van der Waals surface area contributed by atoms with Crippen molar-refractivity contribution in [2.75, 3.05) is 19.6 Å². The van der Waals surface area contributed by atoms with Gasteiger partial charge in [-0.15, -0.1) is 0 Å². The highest BCUT2D eigenvalue weighted by Crippen LogP contribution is 2.26. The van der Waals surface area contributed by atoms with Gasteiger partial charge in [-0.3, -0.25) is 9.69 Å². The van der Waals surface area contributed by atoms with Crippen LogP contribution in [0.2, 0.25) is 0 Å². The summed E-state index contributed by atoms with van der Waals surface area (Å²) in [6, 6.07) is 23.4. The van der Waals surface area contributed by atoms with Gasteiger partial charge < -0.3 is 4.90 Å². The second-order valence-electron chi connectivity index (χ2n) is 7.71. The monoisotopic (exact) mass is 356 g/mol. The molecule has 27 heavy (non-hydrogen) atoms. The lowest BCUT2D eigenvalue weighted by atomic mass is 9.98. The van der Waals surface area contributed by atoms with Gasteiger partial charge >= 0.3 is 0 Å². The molecule has 1 fully saturated rings. The predicted molar refractivity (Wildman–Crippen MR) is 109 cm³/mol. The van der Waals surface area contributed by atoms with Gasteiger partial charge in [0.15, 0.2) is 0 Å². The first-order valence-corrected chi connectivity index (χ1v) is 9.87. The van der Waals surface area contributed by atoms with E-state index in [1.807, 2.05) is 29.2 Å². The minimum absolute atomic E-state index is 0.173. The first-order valence-electron chi connectivity index (χ1n) is 9.87. The lowest BCUT2D eigenvalue weighted by molar-refractivity contribution is 0.0775. The number of fused-ring (bicyclic) bond motifs is 2. The molecule has 1 atom stereocenters. The van der Waals surface area contributed by atoms with E-state index < -0.39 is 0 Å². The Morgan fingerprint density at radius 3 is 2.56 bits per heavy atom. The van der Waals surface area contributed by atoms with E-state index in [0.29, 0.717) is 6.04 Å². The van der Waals surface area contributed by atoms with E-state index >= 15 is 0 Å². The van der Waals surface area contributed by atoms with Crippen LogP contribution in [-0.2, 0) is 13.0 Å². The Morgan fingerprint density at radius 2 is 1.63 bits per heavy atom. The van der Waals surface area contributed by atoms with Crippen molar-refractivity contribution in [2.24, 2.45) is 0 Å². The molecule has 0 N–H and O–H groups in total. The number of nitrogens with zero attached hydrogens (tertiary/aromatic N) is 2. The van der Waals surface area contributed by atoms with Gasteiger partial charge in [0.05, 0.1) is 0 Å². The number of carbonyl (C=O) groups excluding carboxylic acids is 1. The van der Waals surface area contributed by atoms with Crippen LogP contribution in [0.1, 0.15) is 27.9 Å². The molecule has 136 valence electrons. The summed E-state index contributed by atoms with van der Waals surface area (Å²) in [5.41, 5.74) is 3.76. The molecule has 2 heterocycles. The molecule has 3 heteroatoms. The van der Waals surface area contributed by atoms with Crippen LogP contribution >= 0.6 is 0 Å². The highest BCUT2D eigenvalue weighted by Gasteiger charge is 2.32. The number of rotatable bonds is 2. The maximum atomic E-state index is 13.2. The molecule has 2 aliphatic rings. The molecule has 5 rings (SSSR count). The van der Waals surface area contributed by atoms with E-state index in [1.54, 1.807) is 0 Å².